The van der Waals surface area contributed by atoms with Crippen molar-refractivity contribution >= 4 is 10.2 Å². The Morgan fingerprint density at radius 3 is 2.71 bits per heavy atom. The van der Waals surface area contributed by atoms with E-state index in [4.69, 9.17) is 0 Å². The Balaban J connectivity index is 3.15. The van der Waals surface area contributed by atoms with Crippen LogP contribution in [0.5, 0.6) is 0 Å². The Morgan fingerprint density at radius 1 is 2.00 bits per heavy atom. The van der Waals surface area contributed by atoms with Gasteiger partial charge in [0.25, 0.3) is 0 Å². The Kier molecular flexibility index (Phi) is 3.50. The van der Waals surface area contributed by atoms with Gasteiger partial charge < -0.3 is 0 Å². The summed E-state index contributed by atoms with van der Waals surface area (Å²) in [5.74, 6) is 0. The van der Waals surface area contributed by atoms with E-state index in [1.807, 2.05) is 0 Å². The highest BCUT2D eigenvalue weighted by Crippen LogP contribution is 1.96. The van der Waals surface area contributed by atoms with Crippen molar-refractivity contribution in [3.8, 4) is 0 Å². The van der Waals surface area contributed by atoms with E-state index in [1.165, 1.54) is 0 Å². The van der Waals surface area contributed by atoms with Gasteiger partial charge in [0, 0.05) is 10.2 Å². The molecule has 0 saturated heterocycles. The lowest BCUT2D eigenvalue weighted by atomic mass is 10.4. The van der Waals surface area contributed by atoms with Gasteiger partial charge in [0.15, 0.2) is 0 Å². The molecule has 0 rings (SSSR count). The highest BCUT2D eigenvalue weighted by atomic mass is 28.1. The third kappa shape index (κ3) is 3.39. The van der Waals surface area contributed by atoms with E-state index in [0.717, 1.165) is 10.2 Å². The maximum atomic E-state index is 9.50. The fraction of sp³-hybridized carbons (Fsp3) is 0.500. The first-order valence-corrected chi connectivity index (χ1v) is 3.38. The molecule has 0 aromatic rings. The molecule has 0 aromatic heterocycles. The summed E-state index contributed by atoms with van der Waals surface area (Å²) in [7, 11) is 0.988. The second-order valence-electron chi connectivity index (χ2n) is 1.52. The van der Waals surface area contributed by atoms with E-state index < -0.39 is 0 Å². The minimum absolute atomic E-state index is 0.373. The average Bonchev–Trinajstić information content (AvgIpc) is 1.68. The van der Waals surface area contributed by atoms with Crippen LogP contribution in [0.15, 0.2) is 17.8 Å². The highest BCUT2D eigenvalue weighted by Gasteiger charge is 1.90. The Morgan fingerprint density at radius 2 is 2.57 bits per heavy atom. The van der Waals surface area contributed by atoms with E-state index in [1.54, 1.807) is 6.08 Å². The zero-order valence-electron chi connectivity index (χ0n) is 4.42. The second kappa shape index (κ2) is 3.74. The van der Waals surface area contributed by atoms with E-state index in [9.17, 15) is 4.91 Å². The molecule has 0 radical (unpaired) electrons. The molecular formula is C4H9NOSi. The summed E-state index contributed by atoms with van der Waals surface area (Å²) >= 11 is 0. The van der Waals surface area contributed by atoms with Gasteiger partial charge in [-0.15, -0.1) is 6.58 Å². The van der Waals surface area contributed by atoms with Gasteiger partial charge in [-0.1, -0.05) is 11.3 Å². The maximum Gasteiger partial charge on any atom is 0.0840 e. The molecule has 0 bridgehead atoms. The van der Waals surface area contributed by atoms with Crippen LogP contribution in [0, 0.1) is 4.91 Å². The Labute approximate surface area is 46.0 Å². The van der Waals surface area contributed by atoms with E-state index >= 15 is 0 Å². The largest absolute Gasteiger partial charge is 0.151 e. The Hall–Kier alpha value is -0.443. The molecule has 0 spiro atoms. The zero-order chi connectivity index (χ0) is 5.70. The van der Waals surface area contributed by atoms with Gasteiger partial charge in [-0.05, 0) is 5.54 Å². The first-order valence-electron chi connectivity index (χ1n) is 2.23. The van der Waals surface area contributed by atoms with Crippen LogP contribution in [-0.2, 0) is 0 Å². The fourth-order valence-electron chi connectivity index (χ4n) is 0.192. The first-order chi connectivity index (χ1) is 3.31. The topological polar surface area (TPSA) is 29.4 Å². The van der Waals surface area contributed by atoms with Gasteiger partial charge in [0.05, 0.1) is 6.54 Å². The molecule has 2 nitrogen and oxygen atoms in total. The standard InChI is InChI=1S/C4H9NOSi/c1-2-4(7)3-5-6/h2,4H,1,3H2,7H3. The summed E-state index contributed by atoms with van der Waals surface area (Å²) in [5.41, 5.74) is 0.373. The van der Waals surface area contributed by atoms with Crippen molar-refractivity contribution in [1.82, 2.24) is 0 Å². The van der Waals surface area contributed by atoms with Crippen LogP contribution >= 0.6 is 0 Å². The van der Waals surface area contributed by atoms with Crippen molar-refractivity contribution in [1.29, 1.82) is 0 Å². The minimum Gasteiger partial charge on any atom is -0.151 e. The van der Waals surface area contributed by atoms with Crippen molar-refractivity contribution in [2.24, 2.45) is 5.18 Å². The summed E-state index contributed by atoms with van der Waals surface area (Å²) in [6.07, 6.45) is 1.77. The molecule has 1 unspecified atom stereocenters. The highest BCUT2D eigenvalue weighted by molar-refractivity contribution is 6.13. The molecule has 1 atom stereocenters. The predicted molar refractivity (Wildman–Crippen MR) is 34.5 cm³/mol. The fourth-order valence-corrected chi connectivity index (χ4v) is 0.341. The molecule has 0 aromatic carbocycles. The lowest BCUT2D eigenvalue weighted by Gasteiger charge is -1.91. The van der Waals surface area contributed by atoms with Crippen LogP contribution < -0.4 is 0 Å². The number of hydrogen-bond donors (Lipinski definition) is 0. The maximum absolute atomic E-state index is 9.50. The average molecular weight is 115 g/mol. The SMILES string of the molecule is C=CC([SiH3])CN=O. The molecule has 0 heterocycles. The molecule has 0 aliphatic carbocycles. The van der Waals surface area contributed by atoms with Crippen LogP contribution in [0.3, 0.4) is 0 Å². The summed E-state index contributed by atoms with van der Waals surface area (Å²) in [4.78, 5) is 9.50. The third-order valence-corrected chi connectivity index (χ3v) is 1.60. The van der Waals surface area contributed by atoms with E-state index in [-0.39, 0.29) is 0 Å². The third-order valence-electron chi connectivity index (χ3n) is 0.765. The van der Waals surface area contributed by atoms with Crippen LogP contribution in [-0.4, -0.2) is 16.8 Å². The van der Waals surface area contributed by atoms with Gasteiger partial charge in [-0.25, -0.2) is 0 Å². The Bertz CT molecular complexity index is 74.1. The molecule has 0 N–H and O–H groups in total. The first kappa shape index (κ1) is 6.56. The molecule has 0 amide bonds. The monoisotopic (exact) mass is 115 g/mol. The molecule has 0 fully saturated rings. The predicted octanol–water partition coefficient (Wildman–Crippen LogP) is 0.0927. The molecular weight excluding hydrogens is 106 g/mol. The summed E-state index contributed by atoms with van der Waals surface area (Å²) in [6, 6.07) is 0. The zero-order valence-corrected chi connectivity index (χ0v) is 6.42. The molecule has 3 heteroatoms. The number of hydrogen-bond acceptors (Lipinski definition) is 2. The molecule has 0 aliphatic heterocycles. The van der Waals surface area contributed by atoms with Gasteiger partial charge in [0.1, 0.15) is 0 Å². The van der Waals surface area contributed by atoms with E-state index in [2.05, 4.69) is 11.8 Å². The number of rotatable bonds is 3. The molecule has 0 aliphatic rings. The lowest BCUT2D eigenvalue weighted by molar-refractivity contribution is 0.994. The van der Waals surface area contributed by atoms with Crippen molar-refractivity contribution < 1.29 is 0 Å². The van der Waals surface area contributed by atoms with Gasteiger partial charge in [0.2, 0.25) is 0 Å². The molecule has 0 saturated carbocycles. The number of nitrogens with zero attached hydrogens (tertiary/aromatic N) is 1. The smallest absolute Gasteiger partial charge is 0.0840 e. The van der Waals surface area contributed by atoms with Crippen LogP contribution in [0.2, 0.25) is 5.54 Å². The normalized spacial score (nSPS) is 13.1. The van der Waals surface area contributed by atoms with Gasteiger partial charge in [-0.2, -0.15) is 4.91 Å². The van der Waals surface area contributed by atoms with Crippen molar-refractivity contribution in [3.05, 3.63) is 17.6 Å². The van der Waals surface area contributed by atoms with Crippen molar-refractivity contribution in [3.63, 3.8) is 0 Å². The quantitative estimate of drug-likeness (QED) is 0.291. The molecule has 7 heavy (non-hydrogen) atoms. The van der Waals surface area contributed by atoms with Crippen LogP contribution in [0.4, 0.5) is 0 Å². The van der Waals surface area contributed by atoms with Crippen LogP contribution in [0.25, 0.3) is 0 Å². The molecule has 40 valence electrons. The summed E-state index contributed by atoms with van der Waals surface area (Å²) in [5, 5.41) is 2.72. The van der Waals surface area contributed by atoms with Crippen molar-refractivity contribution in [2.45, 2.75) is 5.54 Å². The number of nitroso groups, excluding NO2 is 1. The summed E-state index contributed by atoms with van der Waals surface area (Å²) < 4.78 is 0. The summed E-state index contributed by atoms with van der Waals surface area (Å²) in [6.45, 7) is 3.93. The van der Waals surface area contributed by atoms with E-state index in [0.29, 0.717) is 12.1 Å². The lowest BCUT2D eigenvalue weighted by Crippen LogP contribution is -1.89. The van der Waals surface area contributed by atoms with Gasteiger partial charge in [-0.3, -0.25) is 0 Å². The minimum atomic E-state index is 0.373. The van der Waals surface area contributed by atoms with Crippen LogP contribution in [0.1, 0.15) is 0 Å². The second-order valence-corrected chi connectivity index (χ2v) is 3.01. The van der Waals surface area contributed by atoms with Crippen molar-refractivity contribution in [2.75, 3.05) is 6.54 Å². The van der Waals surface area contributed by atoms with Gasteiger partial charge >= 0.3 is 0 Å².